The van der Waals surface area contributed by atoms with Gasteiger partial charge in [0.25, 0.3) is 0 Å². The predicted octanol–water partition coefficient (Wildman–Crippen LogP) is 2.74. The van der Waals surface area contributed by atoms with Crippen LogP contribution < -0.4 is 5.32 Å². The van der Waals surface area contributed by atoms with E-state index in [4.69, 9.17) is 0 Å². The summed E-state index contributed by atoms with van der Waals surface area (Å²) in [5.74, 6) is 0.763. The van der Waals surface area contributed by atoms with Gasteiger partial charge < -0.3 is 10.2 Å². The zero-order chi connectivity index (χ0) is 12.3. The van der Waals surface area contributed by atoms with E-state index in [9.17, 15) is 0 Å². The maximum Gasteiger partial charge on any atom is 0.0117 e. The van der Waals surface area contributed by atoms with E-state index in [2.05, 4.69) is 51.9 Å². The van der Waals surface area contributed by atoms with E-state index in [1.54, 1.807) is 0 Å². The van der Waals surface area contributed by atoms with Gasteiger partial charge in [0.15, 0.2) is 0 Å². The summed E-state index contributed by atoms with van der Waals surface area (Å²) in [5, 5.41) is 3.45. The molecule has 0 aliphatic carbocycles. The van der Waals surface area contributed by atoms with Crippen LogP contribution in [0.15, 0.2) is 0 Å². The van der Waals surface area contributed by atoms with Crippen molar-refractivity contribution in [3.05, 3.63) is 0 Å². The molecule has 2 heteroatoms. The molecule has 0 amide bonds. The molecule has 2 nitrogen and oxygen atoms in total. The Morgan fingerprint density at radius 3 is 2.38 bits per heavy atom. The van der Waals surface area contributed by atoms with Crippen molar-refractivity contribution in [3.8, 4) is 0 Å². The van der Waals surface area contributed by atoms with E-state index >= 15 is 0 Å². The number of hydrogen-bond donors (Lipinski definition) is 1. The third kappa shape index (κ3) is 3.74. The maximum absolute atomic E-state index is 3.45. The zero-order valence-corrected chi connectivity index (χ0v) is 12.0. The molecule has 0 aromatic rings. The van der Waals surface area contributed by atoms with Crippen molar-refractivity contribution >= 4 is 0 Å². The standard InChI is InChI=1S/C14H30N2/c1-11-12(2)16(9-7-13(11)15-6)10-8-14(3,4)5/h11-13,15H,7-10H2,1-6H3. The fourth-order valence-corrected chi connectivity index (χ4v) is 2.64. The first kappa shape index (κ1) is 14.0. The molecule has 0 aromatic heterocycles. The van der Waals surface area contributed by atoms with Gasteiger partial charge in [-0.3, -0.25) is 0 Å². The minimum atomic E-state index is 0.461. The molecule has 0 aromatic carbocycles. The smallest absolute Gasteiger partial charge is 0.0117 e. The van der Waals surface area contributed by atoms with Crippen LogP contribution in [0.1, 0.15) is 47.5 Å². The Kier molecular flexibility index (Phi) is 4.81. The Labute approximate surface area is 102 Å². The van der Waals surface area contributed by atoms with Crippen molar-refractivity contribution in [1.29, 1.82) is 0 Å². The topological polar surface area (TPSA) is 15.3 Å². The fraction of sp³-hybridized carbons (Fsp3) is 1.00. The molecule has 3 unspecified atom stereocenters. The Balaban J connectivity index is 2.45. The summed E-state index contributed by atoms with van der Waals surface area (Å²) in [6, 6.07) is 1.43. The van der Waals surface area contributed by atoms with E-state index in [-0.39, 0.29) is 0 Å². The van der Waals surface area contributed by atoms with E-state index in [1.807, 2.05) is 0 Å². The van der Waals surface area contributed by atoms with Gasteiger partial charge in [0.2, 0.25) is 0 Å². The molecule has 0 spiro atoms. The van der Waals surface area contributed by atoms with Gasteiger partial charge in [-0.2, -0.15) is 0 Å². The molecule has 0 bridgehead atoms. The third-order valence-electron chi connectivity index (χ3n) is 4.22. The van der Waals surface area contributed by atoms with Crippen LogP contribution in [0.25, 0.3) is 0 Å². The minimum Gasteiger partial charge on any atom is -0.317 e. The average molecular weight is 226 g/mol. The van der Waals surface area contributed by atoms with Crippen LogP contribution in [-0.2, 0) is 0 Å². The van der Waals surface area contributed by atoms with Crippen LogP contribution in [0.4, 0.5) is 0 Å². The fourth-order valence-electron chi connectivity index (χ4n) is 2.64. The molecular weight excluding hydrogens is 196 g/mol. The van der Waals surface area contributed by atoms with Crippen molar-refractivity contribution < 1.29 is 0 Å². The van der Waals surface area contributed by atoms with Crippen LogP contribution in [0, 0.1) is 11.3 Å². The first-order valence-corrected chi connectivity index (χ1v) is 6.76. The number of piperidine rings is 1. The number of rotatable bonds is 3. The summed E-state index contributed by atoms with van der Waals surface area (Å²) in [5.41, 5.74) is 0.461. The van der Waals surface area contributed by atoms with E-state index < -0.39 is 0 Å². The SMILES string of the molecule is CNC1CCN(CCC(C)(C)C)C(C)C1C. The third-order valence-corrected chi connectivity index (χ3v) is 4.22. The highest BCUT2D eigenvalue weighted by atomic mass is 15.2. The van der Waals surface area contributed by atoms with Crippen molar-refractivity contribution in [2.45, 2.75) is 59.5 Å². The van der Waals surface area contributed by atoms with Gasteiger partial charge >= 0.3 is 0 Å². The van der Waals surface area contributed by atoms with Gasteiger partial charge in [-0.15, -0.1) is 0 Å². The Morgan fingerprint density at radius 1 is 1.25 bits per heavy atom. The van der Waals surface area contributed by atoms with Gasteiger partial charge in [-0.05, 0) is 51.2 Å². The van der Waals surface area contributed by atoms with Crippen LogP contribution >= 0.6 is 0 Å². The highest BCUT2D eigenvalue weighted by molar-refractivity contribution is 4.88. The van der Waals surface area contributed by atoms with Crippen molar-refractivity contribution in [2.75, 3.05) is 20.1 Å². The second kappa shape index (κ2) is 5.50. The van der Waals surface area contributed by atoms with E-state index in [0.29, 0.717) is 17.5 Å². The summed E-state index contributed by atoms with van der Waals surface area (Å²) < 4.78 is 0. The average Bonchev–Trinajstić information content (AvgIpc) is 2.19. The maximum atomic E-state index is 3.45. The lowest BCUT2D eigenvalue weighted by molar-refractivity contribution is 0.0773. The first-order valence-electron chi connectivity index (χ1n) is 6.76. The molecule has 1 rings (SSSR count). The van der Waals surface area contributed by atoms with Crippen LogP contribution in [0.5, 0.6) is 0 Å². The molecule has 1 aliphatic rings. The molecule has 1 saturated heterocycles. The van der Waals surface area contributed by atoms with Gasteiger partial charge in [-0.25, -0.2) is 0 Å². The van der Waals surface area contributed by atoms with Crippen molar-refractivity contribution in [2.24, 2.45) is 11.3 Å². The molecule has 0 saturated carbocycles. The summed E-state index contributed by atoms with van der Waals surface area (Å²) in [7, 11) is 2.10. The summed E-state index contributed by atoms with van der Waals surface area (Å²) >= 11 is 0. The molecular formula is C14H30N2. The van der Waals surface area contributed by atoms with Crippen LogP contribution in [-0.4, -0.2) is 37.1 Å². The number of nitrogens with zero attached hydrogens (tertiary/aromatic N) is 1. The van der Waals surface area contributed by atoms with Gasteiger partial charge in [0.05, 0.1) is 0 Å². The quantitative estimate of drug-likeness (QED) is 0.796. The van der Waals surface area contributed by atoms with Gasteiger partial charge in [-0.1, -0.05) is 27.7 Å². The molecule has 3 atom stereocenters. The summed E-state index contributed by atoms with van der Waals surface area (Å²) in [6.45, 7) is 14.3. The largest absolute Gasteiger partial charge is 0.317 e. The highest BCUT2D eigenvalue weighted by Crippen LogP contribution is 2.26. The number of likely N-dealkylation sites (tertiary alicyclic amines) is 1. The molecule has 1 fully saturated rings. The second-order valence-corrected chi connectivity index (χ2v) is 6.63. The summed E-state index contributed by atoms with van der Waals surface area (Å²) in [4.78, 5) is 2.67. The predicted molar refractivity (Wildman–Crippen MR) is 71.7 cm³/mol. The lowest BCUT2D eigenvalue weighted by Gasteiger charge is -2.43. The highest BCUT2D eigenvalue weighted by Gasteiger charge is 2.31. The minimum absolute atomic E-state index is 0.461. The van der Waals surface area contributed by atoms with Crippen LogP contribution in [0.3, 0.4) is 0 Å². The molecule has 1 N–H and O–H groups in total. The van der Waals surface area contributed by atoms with Crippen molar-refractivity contribution in [3.63, 3.8) is 0 Å². The van der Waals surface area contributed by atoms with Gasteiger partial charge in [0.1, 0.15) is 0 Å². The number of nitrogens with one attached hydrogen (secondary N) is 1. The van der Waals surface area contributed by atoms with E-state index in [0.717, 1.165) is 5.92 Å². The molecule has 0 radical (unpaired) electrons. The first-order chi connectivity index (χ1) is 7.35. The Morgan fingerprint density at radius 2 is 1.88 bits per heavy atom. The van der Waals surface area contributed by atoms with Crippen molar-refractivity contribution in [1.82, 2.24) is 10.2 Å². The lowest BCUT2D eigenvalue weighted by atomic mass is 9.85. The zero-order valence-electron chi connectivity index (χ0n) is 12.0. The molecule has 96 valence electrons. The van der Waals surface area contributed by atoms with E-state index in [1.165, 1.54) is 25.9 Å². The summed E-state index contributed by atoms with van der Waals surface area (Å²) in [6.07, 6.45) is 2.60. The molecule has 1 heterocycles. The number of hydrogen-bond acceptors (Lipinski definition) is 2. The second-order valence-electron chi connectivity index (χ2n) is 6.63. The Bertz CT molecular complexity index is 207. The van der Waals surface area contributed by atoms with Gasteiger partial charge in [0, 0.05) is 12.1 Å². The monoisotopic (exact) mass is 226 g/mol. The Hall–Kier alpha value is -0.0800. The van der Waals surface area contributed by atoms with Crippen LogP contribution in [0.2, 0.25) is 0 Å². The lowest BCUT2D eigenvalue weighted by Crippen LogP contribution is -2.53. The molecule has 1 aliphatic heterocycles. The molecule has 16 heavy (non-hydrogen) atoms. The normalized spacial score (nSPS) is 33.0.